The SMILES string of the molecule is Cl.O=c1n(CCCO)c2nc(C3CCCC3)nc-2c2n1C[C@@H](Cc1ccccc1)N2. The number of aliphatic hydroxyl groups excluding tert-OH is 1. The van der Waals surface area contributed by atoms with Gasteiger partial charge in [-0.15, -0.1) is 12.4 Å². The van der Waals surface area contributed by atoms with Gasteiger partial charge in [-0.1, -0.05) is 43.2 Å². The molecule has 1 aliphatic carbocycles. The number of hydrogen-bond donors (Lipinski definition) is 2. The average molecular weight is 430 g/mol. The molecular formula is C22H28ClN5O2. The molecule has 2 N–H and O–H groups in total. The average Bonchev–Trinajstić information content (AvgIpc) is 3.47. The molecule has 1 saturated carbocycles. The number of imidazole rings is 1. The van der Waals surface area contributed by atoms with Crippen molar-refractivity contribution in [2.45, 2.75) is 63.6 Å². The van der Waals surface area contributed by atoms with Gasteiger partial charge in [-0.2, -0.15) is 0 Å². The van der Waals surface area contributed by atoms with Crippen LogP contribution in [0.3, 0.4) is 0 Å². The van der Waals surface area contributed by atoms with Crippen molar-refractivity contribution >= 4 is 18.2 Å². The van der Waals surface area contributed by atoms with Gasteiger partial charge in [0.05, 0.1) is 0 Å². The van der Waals surface area contributed by atoms with E-state index in [9.17, 15) is 9.90 Å². The van der Waals surface area contributed by atoms with E-state index in [0.29, 0.717) is 31.3 Å². The summed E-state index contributed by atoms with van der Waals surface area (Å²) in [5.41, 5.74) is 1.97. The van der Waals surface area contributed by atoms with Crippen molar-refractivity contribution in [2.75, 3.05) is 11.9 Å². The Morgan fingerprint density at radius 1 is 1.13 bits per heavy atom. The standard InChI is InChI=1S/C22H27N5O2.ClH/c28-12-6-11-26-21-18(24-19(25-21)16-9-4-5-10-16)20-23-17(14-27(20)22(26)29)13-15-7-2-1-3-8-15;/h1-3,7-8,16-17,23,28H,4-6,9-14H2;1H/t17-;/m1./s1. The molecule has 0 amide bonds. The summed E-state index contributed by atoms with van der Waals surface area (Å²) in [5, 5.41) is 12.8. The van der Waals surface area contributed by atoms with Crippen LogP contribution >= 0.6 is 12.4 Å². The summed E-state index contributed by atoms with van der Waals surface area (Å²) in [6.45, 7) is 1.12. The molecule has 0 radical (unpaired) electrons. The highest BCUT2D eigenvalue weighted by atomic mass is 35.5. The van der Waals surface area contributed by atoms with Gasteiger partial charge in [0.15, 0.2) is 5.82 Å². The zero-order chi connectivity index (χ0) is 19.8. The topological polar surface area (TPSA) is 85.0 Å². The van der Waals surface area contributed by atoms with Crippen LogP contribution in [0.15, 0.2) is 35.1 Å². The molecule has 0 saturated heterocycles. The van der Waals surface area contributed by atoms with Gasteiger partial charge >= 0.3 is 5.69 Å². The van der Waals surface area contributed by atoms with E-state index in [1.165, 1.54) is 18.4 Å². The predicted octanol–water partition coefficient (Wildman–Crippen LogP) is 3.04. The molecule has 3 aliphatic heterocycles. The van der Waals surface area contributed by atoms with E-state index < -0.39 is 0 Å². The van der Waals surface area contributed by atoms with Crippen LogP contribution in [0.5, 0.6) is 0 Å². The molecule has 1 aromatic rings. The maximum absolute atomic E-state index is 13.2. The summed E-state index contributed by atoms with van der Waals surface area (Å²) in [7, 11) is 0. The van der Waals surface area contributed by atoms with Gasteiger partial charge in [-0.25, -0.2) is 14.8 Å². The quantitative estimate of drug-likeness (QED) is 0.629. The maximum Gasteiger partial charge on any atom is 0.331 e. The number of aliphatic hydroxyl groups is 1. The molecule has 7 nitrogen and oxygen atoms in total. The minimum atomic E-state index is -0.0677. The van der Waals surface area contributed by atoms with Crippen molar-refractivity contribution in [1.29, 1.82) is 0 Å². The van der Waals surface area contributed by atoms with Crippen molar-refractivity contribution in [1.82, 2.24) is 19.1 Å². The molecular weight excluding hydrogens is 402 g/mol. The van der Waals surface area contributed by atoms with E-state index in [1.54, 1.807) is 9.13 Å². The number of benzene rings is 1. The third-order valence-corrected chi connectivity index (χ3v) is 6.20. The molecule has 0 aromatic heterocycles. The van der Waals surface area contributed by atoms with Gasteiger partial charge in [-0.3, -0.25) is 9.13 Å². The fourth-order valence-electron chi connectivity index (χ4n) is 4.74. The molecule has 1 fully saturated rings. The Morgan fingerprint density at radius 2 is 1.90 bits per heavy atom. The largest absolute Gasteiger partial charge is 0.396 e. The Labute approximate surface area is 181 Å². The highest BCUT2D eigenvalue weighted by Crippen LogP contribution is 2.37. The molecule has 0 unspecified atom stereocenters. The van der Waals surface area contributed by atoms with Crippen LogP contribution in [-0.2, 0) is 19.5 Å². The van der Waals surface area contributed by atoms with E-state index in [4.69, 9.17) is 9.97 Å². The number of fused-ring (bicyclic) bond motifs is 3. The molecule has 8 heteroatoms. The number of nitrogens with zero attached hydrogens (tertiary/aromatic N) is 4. The lowest BCUT2D eigenvalue weighted by Gasteiger charge is -2.13. The number of hydrogen-bond acceptors (Lipinski definition) is 5. The number of halogens is 1. The highest BCUT2D eigenvalue weighted by Gasteiger charge is 2.33. The normalized spacial score (nSPS) is 18.4. The molecule has 0 bridgehead atoms. The van der Waals surface area contributed by atoms with Gasteiger partial charge in [-0.05, 0) is 31.2 Å². The van der Waals surface area contributed by atoms with Gasteiger partial charge in [0.2, 0.25) is 0 Å². The van der Waals surface area contributed by atoms with Gasteiger partial charge in [0, 0.05) is 31.7 Å². The Kier molecular flexibility index (Phi) is 6.11. The van der Waals surface area contributed by atoms with Crippen LogP contribution < -0.4 is 11.0 Å². The second-order valence-electron chi connectivity index (χ2n) is 8.24. The van der Waals surface area contributed by atoms with E-state index in [0.717, 1.165) is 36.6 Å². The summed E-state index contributed by atoms with van der Waals surface area (Å²) in [6.07, 6.45) is 6.06. The van der Waals surface area contributed by atoms with Crippen molar-refractivity contribution in [3.8, 4) is 11.5 Å². The smallest absolute Gasteiger partial charge is 0.331 e. The van der Waals surface area contributed by atoms with Crippen LogP contribution in [0.4, 0.5) is 5.82 Å². The minimum absolute atomic E-state index is 0. The third kappa shape index (κ3) is 3.72. The molecule has 0 spiro atoms. The lowest BCUT2D eigenvalue weighted by atomic mass is 10.1. The predicted molar refractivity (Wildman–Crippen MR) is 119 cm³/mol. The first-order chi connectivity index (χ1) is 14.2. The van der Waals surface area contributed by atoms with E-state index in [1.807, 2.05) is 18.2 Å². The first-order valence-electron chi connectivity index (χ1n) is 10.7. The highest BCUT2D eigenvalue weighted by molar-refractivity contribution is 5.85. The Balaban J connectivity index is 0.00000218. The monoisotopic (exact) mass is 429 g/mol. The van der Waals surface area contributed by atoms with Gasteiger partial charge in [0.25, 0.3) is 0 Å². The summed E-state index contributed by atoms with van der Waals surface area (Å²) in [5.74, 6) is 2.72. The minimum Gasteiger partial charge on any atom is -0.396 e. The third-order valence-electron chi connectivity index (χ3n) is 6.20. The van der Waals surface area contributed by atoms with Crippen LogP contribution in [0.25, 0.3) is 11.5 Å². The lowest BCUT2D eigenvalue weighted by molar-refractivity contribution is 0.278. The first-order valence-corrected chi connectivity index (χ1v) is 10.7. The summed E-state index contributed by atoms with van der Waals surface area (Å²) >= 11 is 0. The molecule has 30 heavy (non-hydrogen) atoms. The van der Waals surface area contributed by atoms with Crippen LogP contribution in [-0.4, -0.2) is 36.9 Å². The molecule has 3 heterocycles. The molecule has 160 valence electrons. The zero-order valence-electron chi connectivity index (χ0n) is 17.0. The van der Waals surface area contributed by atoms with Crippen molar-refractivity contribution in [3.05, 3.63) is 52.2 Å². The number of rotatable bonds is 6. The second-order valence-corrected chi connectivity index (χ2v) is 8.24. The number of nitrogens with one attached hydrogen (secondary N) is 1. The Bertz CT molecular complexity index is 1030. The van der Waals surface area contributed by atoms with Gasteiger partial charge < -0.3 is 10.4 Å². The van der Waals surface area contributed by atoms with E-state index >= 15 is 0 Å². The first kappa shape index (κ1) is 20.9. The van der Waals surface area contributed by atoms with Crippen LogP contribution in [0.2, 0.25) is 0 Å². The van der Waals surface area contributed by atoms with E-state index in [-0.39, 0.29) is 30.7 Å². The molecule has 4 aliphatic rings. The van der Waals surface area contributed by atoms with Gasteiger partial charge in [0.1, 0.15) is 17.3 Å². The Hall–Kier alpha value is -2.38. The number of anilines is 1. The van der Waals surface area contributed by atoms with Crippen LogP contribution in [0.1, 0.15) is 49.4 Å². The summed E-state index contributed by atoms with van der Waals surface area (Å²) in [6, 6.07) is 10.5. The fourth-order valence-corrected chi connectivity index (χ4v) is 4.74. The summed E-state index contributed by atoms with van der Waals surface area (Å²) in [4.78, 5) is 23.0. The zero-order valence-corrected chi connectivity index (χ0v) is 17.8. The molecule has 5 rings (SSSR count). The second kappa shape index (κ2) is 8.78. The van der Waals surface area contributed by atoms with Crippen molar-refractivity contribution < 1.29 is 5.11 Å². The fraction of sp³-hybridized carbons (Fsp3) is 0.500. The van der Waals surface area contributed by atoms with Crippen molar-refractivity contribution in [2.24, 2.45) is 0 Å². The molecule has 1 atom stereocenters. The lowest BCUT2D eigenvalue weighted by Crippen LogP contribution is -2.32. The maximum atomic E-state index is 13.2. The van der Waals surface area contributed by atoms with Crippen LogP contribution in [0, 0.1) is 0 Å². The number of aromatic nitrogens is 4. The summed E-state index contributed by atoms with van der Waals surface area (Å²) < 4.78 is 3.51. The van der Waals surface area contributed by atoms with E-state index in [2.05, 4.69) is 17.4 Å². The Morgan fingerprint density at radius 3 is 2.63 bits per heavy atom. The van der Waals surface area contributed by atoms with Crippen molar-refractivity contribution in [3.63, 3.8) is 0 Å². The molecule has 1 aromatic carbocycles.